The number of carbonyl (C=O) groups excluding carboxylic acids is 1. The molecule has 0 unspecified atom stereocenters. The molecule has 0 saturated carbocycles. The number of aromatic nitrogens is 5. The standard InChI is InChI=1S/C21H19ClN8O3S/c1-13(11-32-15-5-3-2-4-6-15)24-26-21(31)18-17(12-34-16-9-7-14(22)8-10-16)30(29-25-18)20-19(23)27-33-28-20/h2-11,24H,12H2,1H3,(H2,23,27)(H,26,31)/b13-11-. The average Bonchev–Trinajstić information content (AvgIpc) is 3.47. The minimum Gasteiger partial charge on any atom is -0.463 e. The van der Waals surface area contributed by atoms with Crippen molar-refractivity contribution in [3.05, 3.63) is 83.0 Å². The number of carbonyl (C=O) groups is 1. The van der Waals surface area contributed by atoms with Crippen LogP contribution in [0.3, 0.4) is 0 Å². The molecule has 4 rings (SSSR count). The van der Waals surface area contributed by atoms with Crippen LogP contribution in [0.15, 0.2) is 76.1 Å². The topological polar surface area (TPSA) is 146 Å². The highest BCUT2D eigenvalue weighted by atomic mass is 35.5. The van der Waals surface area contributed by atoms with Gasteiger partial charge in [0.05, 0.1) is 11.4 Å². The molecule has 174 valence electrons. The Hall–Kier alpha value is -4.03. The first-order valence-corrected chi connectivity index (χ1v) is 11.2. The molecule has 4 N–H and O–H groups in total. The smallest absolute Gasteiger partial charge is 0.292 e. The second-order valence-electron chi connectivity index (χ2n) is 6.82. The van der Waals surface area contributed by atoms with Crippen molar-refractivity contribution in [3.63, 3.8) is 0 Å². The van der Waals surface area contributed by atoms with E-state index in [1.807, 2.05) is 42.5 Å². The molecule has 0 atom stereocenters. The van der Waals surface area contributed by atoms with Gasteiger partial charge in [0.2, 0.25) is 11.6 Å². The van der Waals surface area contributed by atoms with E-state index in [-0.39, 0.29) is 17.3 Å². The number of ether oxygens (including phenoxy) is 1. The summed E-state index contributed by atoms with van der Waals surface area (Å²) in [5.74, 6) is 0.636. The fourth-order valence-electron chi connectivity index (χ4n) is 2.70. The van der Waals surface area contributed by atoms with E-state index in [1.165, 1.54) is 22.7 Å². The fourth-order valence-corrected chi connectivity index (χ4v) is 3.71. The van der Waals surface area contributed by atoms with Crippen molar-refractivity contribution in [2.75, 3.05) is 5.73 Å². The minimum absolute atomic E-state index is 0.0181. The van der Waals surface area contributed by atoms with Crippen LogP contribution >= 0.6 is 23.4 Å². The molecule has 2 aromatic carbocycles. The first-order valence-electron chi connectivity index (χ1n) is 9.87. The molecule has 13 heteroatoms. The second-order valence-corrected chi connectivity index (χ2v) is 8.31. The maximum absolute atomic E-state index is 12.9. The van der Waals surface area contributed by atoms with Gasteiger partial charge in [-0.05, 0) is 53.6 Å². The maximum atomic E-state index is 12.9. The number of hydrazine groups is 1. The van der Waals surface area contributed by atoms with Gasteiger partial charge in [-0.2, -0.15) is 4.68 Å². The molecule has 0 radical (unpaired) electrons. The summed E-state index contributed by atoms with van der Waals surface area (Å²) in [4.78, 5) is 13.8. The third-order valence-corrected chi connectivity index (χ3v) is 5.63. The summed E-state index contributed by atoms with van der Waals surface area (Å²) in [7, 11) is 0. The fraction of sp³-hybridized carbons (Fsp3) is 0.0952. The number of halogens is 1. The van der Waals surface area contributed by atoms with E-state index in [2.05, 4.69) is 36.1 Å². The Bertz CT molecular complexity index is 1290. The van der Waals surface area contributed by atoms with Gasteiger partial charge in [-0.1, -0.05) is 35.0 Å². The molecule has 0 fully saturated rings. The molecule has 34 heavy (non-hydrogen) atoms. The number of nitrogens with two attached hydrogens (primary N) is 1. The number of anilines is 1. The largest absolute Gasteiger partial charge is 0.463 e. The normalized spacial score (nSPS) is 11.3. The molecule has 2 heterocycles. The van der Waals surface area contributed by atoms with Gasteiger partial charge in [-0.15, -0.1) is 16.9 Å². The van der Waals surface area contributed by atoms with Crippen LogP contribution in [0.1, 0.15) is 23.1 Å². The predicted molar refractivity (Wildman–Crippen MR) is 126 cm³/mol. The zero-order valence-corrected chi connectivity index (χ0v) is 19.4. The number of benzene rings is 2. The van der Waals surface area contributed by atoms with Crippen LogP contribution < -0.4 is 21.3 Å². The zero-order valence-electron chi connectivity index (χ0n) is 17.8. The van der Waals surface area contributed by atoms with Crippen LogP contribution in [0.25, 0.3) is 5.82 Å². The number of nitrogens with one attached hydrogen (secondary N) is 2. The van der Waals surface area contributed by atoms with Gasteiger partial charge >= 0.3 is 0 Å². The van der Waals surface area contributed by atoms with E-state index in [9.17, 15) is 4.79 Å². The highest BCUT2D eigenvalue weighted by Crippen LogP contribution is 2.27. The monoisotopic (exact) mass is 498 g/mol. The van der Waals surface area contributed by atoms with E-state index in [1.54, 1.807) is 19.1 Å². The van der Waals surface area contributed by atoms with Crippen molar-refractivity contribution in [3.8, 4) is 11.6 Å². The first-order chi connectivity index (χ1) is 16.5. The molecule has 0 aliphatic rings. The highest BCUT2D eigenvalue weighted by molar-refractivity contribution is 7.98. The number of nitrogen functional groups attached to an aromatic ring is 1. The van der Waals surface area contributed by atoms with Gasteiger partial charge in [0.25, 0.3) is 5.91 Å². The summed E-state index contributed by atoms with van der Waals surface area (Å²) < 4.78 is 11.5. The summed E-state index contributed by atoms with van der Waals surface area (Å²) in [6, 6.07) is 16.5. The summed E-state index contributed by atoms with van der Waals surface area (Å²) >= 11 is 7.41. The number of thioether (sulfide) groups is 1. The van der Waals surface area contributed by atoms with Crippen LogP contribution in [0.5, 0.6) is 5.75 Å². The van der Waals surface area contributed by atoms with E-state index in [4.69, 9.17) is 22.1 Å². The zero-order chi connectivity index (χ0) is 23.9. The molecule has 0 aliphatic heterocycles. The van der Waals surface area contributed by atoms with Gasteiger partial charge in [0.15, 0.2) is 5.69 Å². The number of para-hydroxylation sites is 1. The van der Waals surface area contributed by atoms with Crippen LogP contribution in [-0.2, 0) is 5.75 Å². The van der Waals surface area contributed by atoms with Crippen molar-refractivity contribution >= 4 is 35.1 Å². The number of allylic oxidation sites excluding steroid dienone is 1. The van der Waals surface area contributed by atoms with Gasteiger partial charge in [-0.25, -0.2) is 4.63 Å². The first kappa shape index (κ1) is 23.1. The Balaban J connectivity index is 1.49. The molecule has 4 aromatic rings. The van der Waals surface area contributed by atoms with Crippen LogP contribution in [-0.4, -0.2) is 31.2 Å². The van der Waals surface area contributed by atoms with Crippen LogP contribution in [0.4, 0.5) is 5.82 Å². The van der Waals surface area contributed by atoms with Crippen molar-refractivity contribution in [2.24, 2.45) is 0 Å². The Kier molecular flexibility index (Phi) is 7.30. The lowest BCUT2D eigenvalue weighted by Gasteiger charge is -2.09. The molecular weight excluding hydrogens is 480 g/mol. The molecule has 1 amide bonds. The van der Waals surface area contributed by atoms with Crippen LogP contribution in [0, 0.1) is 0 Å². The second kappa shape index (κ2) is 10.7. The lowest BCUT2D eigenvalue weighted by molar-refractivity contribution is 0.0932. The average molecular weight is 499 g/mol. The molecule has 0 aliphatic carbocycles. The summed E-state index contributed by atoms with van der Waals surface area (Å²) in [5.41, 5.74) is 12.3. The minimum atomic E-state index is -0.513. The van der Waals surface area contributed by atoms with Crippen molar-refractivity contribution in [2.45, 2.75) is 17.6 Å². The summed E-state index contributed by atoms with van der Waals surface area (Å²) in [6.45, 7) is 1.74. The van der Waals surface area contributed by atoms with Crippen molar-refractivity contribution in [1.82, 2.24) is 36.2 Å². The SMILES string of the molecule is C/C(=C/Oc1ccccc1)NNC(=O)c1nnn(-c2nonc2N)c1CSc1ccc(Cl)cc1. The third-order valence-electron chi connectivity index (χ3n) is 4.35. The number of amides is 1. The number of nitrogens with zero attached hydrogens (tertiary/aromatic N) is 5. The summed E-state index contributed by atoms with van der Waals surface area (Å²) in [6.07, 6.45) is 1.48. The van der Waals surface area contributed by atoms with E-state index in [0.29, 0.717) is 27.9 Å². The van der Waals surface area contributed by atoms with Gasteiger partial charge in [0, 0.05) is 15.7 Å². The molecule has 0 bridgehead atoms. The maximum Gasteiger partial charge on any atom is 0.292 e. The lowest BCUT2D eigenvalue weighted by Crippen LogP contribution is -2.37. The number of hydrogen-bond acceptors (Lipinski definition) is 10. The Morgan fingerprint density at radius 3 is 2.65 bits per heavy atom. The lowest BCUT2D eigenvalue weighted by atomic mass is 10.3. The van der Waals surface area contributed by atoms with E-state index >= 15 is 0 Å². The molecule has 11 nitrogen and oxygen atoms in total. The number of hydrogen-bond donors (Lipinski definition) is 3. The van der Waals surface area contributed by atoms with Gasteiger partial charge in [-0.3, -0.25) is 15.6 Å². The molecule has 0 saturated heterocycles. The summed E-state index contributed by atoms with van der Waals surface area (Å²) in [5, 5.41) is 16.0. The highest BCUT2D eigenvalue weighted by Gasteiger charge is 2.24. The Morgan fingerprint density at radius 1 is 1.18 bits per heavy atom. The van der Waals surface area contributed by atoms with Crippen molar-refractivity contribution < 1.29 is 14.2 Å². The van der Waals surface area contributed by atoms with Gasteiger partial charge in [0.1, 0.15) is 12.0 Å². The Morgan fingerprint density at radius 2 is 1.94 bits per heavy atom. The number of rotatable bonds is 9. The van der Waals surface area contributed by atoms with E-state index in [0.717, 1.165) is 4.90 Å². The Labute approximate surface area is 203 Å². The molecule has 2 aromatic heterocycles. The van der Waals surface area contributed by atoms with E-state index < -0.39 is 5.91 Å². The van der Waals surface area contributed by atoms with Crippen molar-refractivity contribution in [1.29, 1.82) is 0 Å². The third kappa shape index (κ3) is 5.66. The molecule has 0 spiro atoms. The van der Waals surface area contributed by atoms with Gasteiger partial charge < -0.3 is 10.5 Å². The predicted octanol–water partition coefficient (Wildman–Crippen LogP) is 3.35. The molecular formula is C21H19ClN8O3S. The van der Waals surface area contributed by atoms with Crippen LogP contribution in [0.2, 0.25) is 5.02 Å². The quantitative estimate of drug-likeness (QED) is 0.178.